The molecule has 6 rings (SSSR count). The largest absolute Gasteiger partial charge is 0.276 e. The Morgan fingerprint density at radius 1 is 0.604 bits per heavy atom. The van der Waals surface area contributed by atoms with Crippen LogP contribution in [0.1, 0.15) is 94.7 Å². The lowest BCUT2D eigenvalue weighted by molar-refractivity contribution is 0.632. The zero-order valence-corrected chi connectivity index (χ0v) is 28.0. The quantitative estimate of drug-likeness (QED) is 0.0884. The molecule has 242 valence electrons. The molecule has 0 aliphatic heterocycles. The van der Waals surface area contributed by atoms with Crippen LogP contribution in [0.4, 0.5) is 5.69 Å². The predicted molar refractivity (Wildman–Crippen MR) is 196 cm³/mol. The Morgan fingerprint density at radius 3 is 1.46 bits per heavy atom. The highest BCUT2D eigenvalue weighted by atomic mass is 16.1. The van der Waals surface area contributed by atoms with Gasteiger partial charge in [-0.3, -0.25) is 18.4 Å². The highest BCUT2D eigenvalue weighted by Gasteiger charge is 2.24. The zero-order chi connectivity index (χ0) is 33.6. The average molecular weight is 635 g/mol. The molecule has 0 bridgehead atoms. The molecule has 6 nitrogen and oxygen atoms in total. The molecule has 0 aliphatic carbocycles. The summed E-state index contributed by atoms with van der Waals surface area (Å²) in [7, 11) is 0. The number of nitrogens with zero attached hydrogens (tertiary/aromatic N) is 4. The van der Waals surface area contributed by atoms with Gasteiger partial charge in [0.2, 0.25) is 0 Å². The fraction of sp³-hybridized carbons (Fsp3) is 0.333. The van der Waals surface area contributed by atoms with E-state index in [1.807, 2.05) is 57.3 Å². The van der Waals surface area contributed by atoms with Gasteiger partial charge >= 0.3 is 0 Å². The molecule has 2 aromatic carbocycles. The van der Waals surface area contributed by atoms with Gasteiger partial charge in [-0.05, 0) is 84.3 Å². The summed E-state index contributed by atoms with van der Waals surface area (Å²) >= 11 is 0. The lowest BCUT2D eigenvalue weighted by atomic mass is 9.95. The van der Waals surface area contributed by atoms with Crippen LogP contribution >= 0.6 is 0 Å². The number of aryl methyl sites for hydroxylation is 2. The molecule has 0 saturated carbocycles. The van der Waals surface area contributed by atoms with Gasteiger partial charge in [0.1, 0.15) is 0 Å². The van der Waals surface area contributed by atoms with Gasteiger partial charge in [-0.2, -0.15) is 5.26 Å². The minimum atomic E-state index is -0.161. The Labute approximate surface area is 282 Å². The predicted octanol–water partition coefficient (Wildman–Crippen LogP) is 10.3. The third kappa shape index (κ3) is 6.12. The smallest absolute Gasteiger partial charge is 0.264 e. The maximum atomic E-state index is 14.9. The van der Waals surface area contributed by atoms with Crippen LogP contribution in [0.5, 0.6) is 0 Å². The van der Waals surface area contributed by atoms with Crippen molar-refractivity contribution >= 4 is 27.5 Å². The van der Waals surface area contributed by atoms with E-state index in [1.54, 1.807) is 24.3 Å². The molecule has 0 atom stereocenters. The molecule has 0 saturated heterocycles. The molecule has 0 unspecified atom stereocenters. The van der Waals surface area contributed by atoms with Crippen LogP contribution in [0.25, 0.3) is 49.2 Å². The molecule has 48 heavy (non-hydrogen) atoms. The minimum Gasteiger partial charge on any atom is -0.276 e. The fourth-order valence-electron chi connectivity index (χ4n) is 7.23. The number of hydrogen-bond acceptors (Lipinski definition) is 3. The summed E-state index contributed by atoms with van der Waals surface area (Å²) in [5, 5.41) is 10.5. The molecule has 0 amide bonds. The average Bonchev–Trinajstić information content (AvgIpc) is 3.77. The van der Waals surface area contributed by atoms with E-state index in [-0.39, 0.29) is 11.1 Å². The molecule has 0 spiro atoms. The molecule has 6 aromatic rings. The van der Waals surface area contributed by atoms with E-state index in [9.17, 15) is 14.9 Å². The third-order valence-electron chi connectivity index (χ3n) is 9.73. The Hall–Kier alpha value is -5.20. The summed E-state index contributed by atoms with van der Waals surface area (Å²) in [6.07, 6.45) is 12.3. The van der Waals surface area contributed by atoms with Crippen molar-refractivity contribution < 1.29 is 0 Å². The van der Waals surface area contributed by atoms with E-state index in [4.69, 9.17) is 6.57 Å². The van der Waals surface area contributed by atoms with Gasteiger partial charge in [-0.25, -0.2) is 4.85 Å². The van der Waals surface area contributed by atoms with Crippen molar-refractivity contribution in [2.75, 3.05) is 0 Å². The van der Waals surface area contributed by atoms with E-state index in [1.165, 1.54) is 12.8 Å². The van der Waals surface area contributed by atoms with E-state index in [0.29, 0.717) is 34.9 Å². The van der Waals surface area contributed by atoms with Crippen LogP contribution in [-0.2, 0) is 12.8 Å². The summed E-state index contributed by atoms with van der Waals surface area (Å²) in [6, 6.07) is 24.8. The van der Waals surface area contributed by atoms with Gasteiger partial charge in [0.25, 0.3) is 11.1 Å². The van der Waals surface area contributed by atoms with Gasteiger partial charge in [0, 0.05) is 0 Å². The maximum Gasteiger partial charge on any atom is 0.264 e. The topological polar surface area (TPSA) is 71.1 Å². The Balaban J connectivity index is 1.65. The van der Waals surface area contributed by atoms with Crippen LogP contribution < -0.4 is 11.1 Å². The Kier molecular flexibility index (Phi) is 10.0. The molecule has 0 N–H and O–H groups in total. The van der Waals surface area contributed by atoms with Crippen LogP contribution in [0.15, 0.2) is 82.4 Å². The first kappa shape index (κ1) is 32.7. The van der Waals surface area contributed by atoms with Crippen molar-refractivity contribution in [3.8, 4) is 28.6 Å². The standard InChI is InChI=1S/C42H42N4O2/c1-4-6-8-10-12-14-33-37-26-24-35(30-18-16-29(28-43)17-19-30)45(37)41(47)39-34(15-13-11-9-7-5-2)38-27-25-36(46(38)42(48)40(33)39)31-20-22-32(44-3)23-21-31/h16-27H,4-15H2,1-2H3. The van der Waals surface area contributed by atoms with Gasteiger partial charge in [-0.15, -0.1) is 0 Å². The first-order valence-corrected chi connectivity index (χ1v) is 17.5. The van der Waals surface area contributed by atoms with Crippen molar-refractivity contribution in [1.82, 2.24) is 8.80 Å². The summed E-state index contributed by atoms with van der Waals surface area (Å²) in [5.74, 6) is 0. The maximum absolute atomic E-state index is 14.9. The van der Waals surface area contributed by atoms with Gasteiger partial charge in [0.05, 0.1) is 51.4 Å². The second kappa shape index (κ2) is 14.7. The highest BCUT2D eigenvalue weighted by molar-refractivity contribution is 5.97. The van der Waals surface area contributed by atoms with Crippen molar-refractivity contribution in [2.45, 2.75) is 90.9 Å². The number of pyridine rings is 2. The SMILES string of the molecule is [C-]#[N+]c1ccc(-c2ccc3c(CCCCCCC)c4c(=O)n5c(-c6ccc(C#N)cc6)ccc5c(CCCCCCC)c4c(=O)n23)cc1. The van der Waals surface area contributed by atoms with Gasteiger partial charge in [0.15, 0.2) is 5.69 Å². The van der Waals surface area contributed by atoms with Crippen molar-refractivity contribution in [3.05, 3.63) is 122 Å². The minimum absolute atomic E-state index is 0.159. The van der Waals surface area contributed by atoms with E-state index >= 15 is 0 Å². The van der Waals surface area contributed by atoms with E-state index in [0.717, 1.165) is 96.0 Å². The van der Waals surface area contributed by atoms with Gasteiger partial charge in [-0.1, -0.05) is 102 Å². The van der Waals surface area contributed by atoms with Crippen LogP contribution in [0.3, 0.4) is 0 Å². The number of unbranched alkanes of at least 4 members (excludes halogenated alkanes) is 8. The third-order valence-corrected chi connectivity index (χ3v) is 9.73. The fourth-order valence-corrected chi connectivity index (χ4v) is 7.23. The number of benzene rings is 2. The molecule has 4 heterocycles. The summed E-state index contributed by atoms with van der Waals surface area (Å²) < 4.78 is 3.63. The number of hydrogen-bond donors (Lipinski definition) is 0. The Bertz CT molecular complexity index is 2100. The van der Waals surface area contributed by atoms with Crippen LogP contribution in [-0.4, -0.2) is 8.80 Å². The second-order valence-electron chi connectivity index (χ2n) is 12.9. The molecular formula is C42H42N4O2. The first-order valence-electron chi connectivity index (χ1n) is 17.5. The van der Waals surface area contributed by atoms with E-state index in [2.05, 4.69) is 24.8 Å². The number of rotatable bonds is 14. The normalized spacial score (nSPS) is 11.4. The van der Waals surface area contributed by atoms with Crippen molar-refractivity contribution in [1.29, 1.82) is 5.26 Å². The number of nitriles is 1. The second-order valence-corrected chi connectivity index (χ2v) is 12.9. The number of fused-ring (bicyclic) bond motifs is 3. The molecule has 0 fully saturated rings. The van der Waals surface area contributed by atoms with Crippen LogP contribution in [0.2, 0.25) is 0 Å². The zero-order valence-electron chi connectivity index (χ0n) is 28.0. The number of aromatic nitrogens is 2. The monoisotopic (exact) mass is 634 g/mol. The highest BCUT2D eigenvalue weighted by Crippen LogP contribution is 2.33. The molecule has 0 radical (unpaired) electrons. The molecule has 4 aromatic heterocycles. The van der Waals surface area contributed by atoms with Crippen molar-refractivity contribution in [2.24, 2.45) is 0 Å². The summed E-state index contributed by atoms with van der Waals surface area (Å²) in [5.41, 5.74) is 7.49. The molecule has 6 heteroatoms. The lowest BCUT2D eigenvalue weighted by Gasteiger charge is -2.16. The lowest BCUT2D eigenvalue weighted by Crippen LogP contribution is -2.25. The molecule has 0 aliphatic rings. The van der Waals surface area contributed by atoms with Crippen molar-refractivity contribution in [3.63, 3.8) is 0 Å². The molecular weight excluding hydrogens is 592 g/mol. The van der Waals surface area contributed by atoms with Gasteiger partial charge < -0.3 is 0 Å². The first-order chi connectivity index (χ1) is 23.5. The summed E-state index contributed by atoms with van der Waals surface area (Å²) in [6.45, 7) is 11.8. The Morgan fingerprint density at radius 2 is 1.04 bits per heavy atom. The van der Waals surface area contributed by atoms with E-state index < -0.39 is 0 Å². The van der Waals surface area contributed by atoms with Crippen LogP contribution in [0, 0.1) is 17.9 Å². The summed E-state index contributed by atoms with van der Waals surface area (Å²) in [4.78, 5) is 33.3.